The van der Waals surface area contributed by atoms with E-state index >= 15 is 0 Å². The molecule has 8 nitrogen and oxygen atoms in total. The van der Waals surface area contributed by atoms with Crippen molar-refractivity contribution in [1.29, 1.82) is 0 Å². The molecule has 0 spiro atoms. The van der Waals surface area contributed by atoms with Crippen LogP contribution in [0.1, 0.15) is 24.0 Å². The van der Waals surface area contributed by atoms with Crippen LogP contribution >= 0.6 is 11.3 Å². The molecule has 0 bridgehead atoms. The van der Waals surface area contributed by atoms with Gasteiger partial charge in [-0.2, -0.15) is 4.31 Å². The predicted octanol–water partition coefficient (Wildman–Crippen LogP) is 1.68. The van der Waals surface area contributed by atoms with Crippen molar-refractivity contribution in [2.45, 2.75) is 30.6 Å². The summed E-state index contributed by atoms with van der Waals surface area (Å²) < 4.78 is 27.8. The topological polar surface area (TPSA) is 77.1 Å². The van der Waals surface area contributed by atoms with Crippen molar-refractivity contribution in [3.05, 3.63) is 40.9 Å². The van der Waals surface area contributed by atoms with E-state index in [-0.39, 0.29) is 5.91 Å². The minimum absolute atomic E-state index is 0.0901. The van der Waals surface area contributed by atoms with E-state index in [1.54, 1.807) is 17.4 Å². The lowest BCUT2D eigenvalue weighted by atomic mass is 10.1. The molecule has 2 aliphatic heterocycles. The zero-order valence-electron chi connectivity index (χ0n) is 18.9. The third-order valence-electron chi connectivity index (χ3n) is 6.94. The summed E-state index contributed by atoms with van der Waals surface area (Å²) in [5.41, 5.74) is 2.43. The maximum absolute atomic E-state index is 13.2. The van der Waals surface area contributed by atoms with Crippen LogP contribution in [0.3, 0.4) is 0 Å². The standard InChI is InChI=1S/C23H31N5O3S2/c29-22(18-25-8-2-9-27(11-10-25)23-24-7-16-32-23)26-12-14-28(15-13-26)33(30,31)21-6-5-19-3-1-4-20(19)17-21/h5-7,16-17H,1-4,8-15,18H2. The van der Waals surface area contributed by atoms with Crippen LogP contribution in [-0.4, -0.2) is 92.3 Å². The Morgan fingerprint density at radius 1 is 0.939 bits per heavy atom. The number of carbonyl (C=O) groups excluding carboxylic acids is 1. The number of aryl methyl sites for hydroxylation is 2. The van der Waals surface area contributed by atoms with Crippen molar-refractivity contribution in [2.75, 3.05) is 63.8 Å². The van der Waals surface area contributed by atoms with Gasteiger partial charge in [0.15, 0.2) is 5.13 Å². The number of hydrogen-bond acceptors (Lipinski definition) is 7. The lowest BCUT2D eigenvalue weighted by Gasteiger charge is -2.35. The predicted molar refractivity (Wildman–Crippen MR) is 129 cm³/mol. The highest BCUT2D eigenvalue weighted by molar-refractivity contribution is 7.89. The van der Waals surface area contributed by atoms with E-state index in [4.69, 9.17) is 0 Å². The lowest BCUT2D eigenvalue weighted by Crippen LogP contribution is -2.52. The number of sulfonamides is 1. The zero-order valence-corrected chi connectivity index (χ0v) is 20.5. The maximum Gasteiger partial charge on any atom is 0.243 e. The first-order valence-electron chi connectivity index (χ1n) is 11.8. The van der Waals surface area contributed by atoms with Crippen LogP contribution in [0.5, 0.6) is 0 Å². The van der Waals surface area contributed by atoms with E-state index < -0.39 is 10.0 Å². The Kier molecular flexibility index (Phi) is 6.69. The summed E-state index contributed by atoms with van der Waals surface area (Å²) >= 11 is 1.65. The zero-order chi connectivity index (χ0) is 22.8. The second-order valence-corrected chi connectivity index (χ2v) is 11.8. The van der Waals surface area contributed by atoms with Crippen molar-refractivity contribution < 1.29 is 13.2 Å². The first-order chi connectivity index (χ1) is 16.0. The van der Waals surface area contributed by atoms with Crippen LogP contribution in [-0.2, 0) is 27.7 Å². The van der Waals surface area contributed by atoms with Gasteiger partial charge in [-0.25, -0.2) is 13.4 Å². The van der Waals surface area contributed by atoms with Gasteiger partial charge >= 0.3 is 0 Å². The number of rotatable bonds is 5. The summed E-state index contributed by atoms with van der Waals surface area (Å²) in [7, 11) is -3.52. The summed E-state index contributed by atoms with van der Waals surface area (Å²) in [5, 5.41) is 3.04. The highest BCUT2D eigenvalue weighted by Gasteiger charge is 2.31. The summed E-state index contributed by atoms with van der Waals surface area (Å²) in [4.78, 5) is 24.0. The number of benzene rings is 1. The monoisotopic (exact) mass is 489 g/mol. The third kappa shape index (κ3) is 4.94. The number of hydrogen-bond donors (Lipinski definition) is 0. The molecule has 1 aromatic heterocycles. The number of carbonyl (C=O) groups is 1. The number of anilines is 1. The average Bonchev–Trinajstić information content (AvgIpc) is 3.48. The fourth-order valence-electron chi connectivity index (χ4n) is 5.02. The largest absolute Gasteiger partial charge is 0.347 e. The molecular weight excluding hydrogens is 458 g/mol. The number of amides is 1. The van der Waals surface area contributed by atoms with Gasteiger partial charge in [-0.15, -0.1) is 11.3 Å². The normalized spacial score (nSPS) is 20.6. The summed E-state index contributed by atoms with van der Waals surface area (Å²) in [6, 6.07) is 5.56. The van der Waals surface area contributed by atoms with Gasteiger partial charge in [-0.3, -0.25) is 9.69 Å². The molecule has 3 heterocycles. The Morgan fingerprint density at radius 2 is 1.76 bits per heavy atom. The molecule has 0 unspecified atom stereocenters. The van der Waals surface area contributed by atoms with Gasteiger partial charge in [0.2, 0.25) is 15.9 Å². The van der Waals surface area contributed by atoms with Crippen molar-refractivity contribution in [2.24, 2.45) is 0 Å². The fourth-order valence-corrected chi connectivity index (χ4v) is 7.19. The first kappa shape index (κ1) is 22.8. The van der Waals surface area contributed by atoms with Gasteiger partial charge < -0.3 is 9.80 Å². The molecule has 0 radical (unpaired) electrons. The molecule has 0 saturated carbocycles. The Morgan fingerprint density at radius 3 is 2.55 bits per heavy atom. The number of aromatic nitrogens is 1. The smallest absolute Gasteiger partial charge is 0.243 e. The van der Waals surface area contributed by atoms with Crippen LogP contribution in [0, 0.1) is 0 Å². The van der Waals surface area contributed by atoms with Crippen molar-refractivity contribution in [3.63, 3.8) is 0 Å². The Hall–Kier alpha value is -2.01. The maximum atomic E-state index is 13.2. The molecule has 5 rings (SSSR count). The van der Waals surface area contributed by atoms with E-state index in [0.717, 1.165) is 62.6 Å². The van der Waals surface area contributed by atoms with Gasteiger partial charge in [-0.05, 0) is 48.9 Å². The van der Waals surface area contributed by atoms with Crippen molar-refractivity contribution >= 4 is 32.4 Å². The fraction of sp³-hybridized carbons (Fsp3) is 0.565. The second kappa shape index (κ2) is 9.69. The summed E-state index contributed by atoms with van der Waals surface area (Å²) in [5.74, 6) is 0.0901. The number of thiazole rings is 1. The van der Waals surface area contributed by atoms with Gasteiger partial charge in [0.1, 0.15) is 0 Å². The lowest BCUT2D eigenvalue weighted by molar-refractivity contribution is -0.133. The van der Waals surface area contributed by atoms with E-state index in [1.807, 2.05) is 28.6 Å². The molecule has 10 heteroatoms. The molecule has 1 aliphatic carbocycles. The molecule has 1 amide bonds. The SMILES string of the molecule is O=C(CN1CCCN(c2nccs2)CC1)N1CCN(S(=O)(=O)c2ccc3c(c2)CCC3)CC1. The van der Waals surface area contributed by atoms with Gasteiger partial charge in [0.05, 0.1) is 11.4 Å². The molecule has 2 saturated heterocycles. The third-order valence-corrected chi connectivity index (χ3v) is 9.66. The average molecular weight is 490 g/mol. The highest BCUT2D eigenvalue weighted by atomic mass is 32.2. The molecule has 2 aromatic rings. The number of nitrogens with zero attached hydrogens (tertiary/aromatic N) is 5. The summed E-state index contributed by atoms with van der Waals surface area (Å²) in [6.45, 7) is 5.53. The molecule has 33 heavy (non-hydrogen) atoms. The van der Waals surface area contributed by atoms with Gasteiger partial charge in [0, 0.05) is 63.9 Å². The van der Waals surface area contributed by atoms with Crippen LogP contribution in [0.2, 0.25) is 0 Å². The Bertz CT molecular complexity index is 1080. The quantitative estimate of drug-likeness (QED) is 0.636. The molecule has 0 N–H and O–H groups in total. The van der Waals surface area contributed by atoms with E-state index in [1.165, 1.54) is 9.87 Å². The van der Waals surface area contributed by atoms with Crippen LogP contribution in [0.25, 0.3) is 0 Å². The van der Waals surface area contributed by atoms with E-state index in [2.05, 4.69) is 14.8 Å². The van der Waals surface area contributed by atoms with Gasteiger partial charge in [-0.1, -0.05) is 6.07 Å². The van der Waals surface area contributed by atoms with E-state index in [9.17, 15) is 13.2 Å². The summed E-state index contributed by atoms with van der Waals surface area (Å²) in [6.07, 6.45) is 5.92. The first-order valence-corrected chi connectivity index (χ1v) is 14.1. The van der Waals surface area contributed by atoms with Crippen molar-refractivity contribution in [3.8, 4) is 0 Å². The molecule has 0 atom stereocenters. The molecule has 2 fully saturated rings. The van der Waals surface area contributed by atoms with Crippen LogP contribution in [0.4, 0.5) is 5.13 Å². The second-order valence-electron chi connectivity index (χ2n) is 9.00. The minimum atomic E-state index is -3.52. The molecule has 3 aliphatic rings. The van der Waals surface area contributed by atoms with Crippen molar-refractivity contribution in [1.82, 2.24) is 19.1 Å². The Labute approximate surface area is 199 Å². The highest BCUT2D eigenvalue weighted by Crippen LogP contribution is 2.27. The molecular formula is C23H31N5O3S2. The van der Waals surface area contributed by atoms with Crippen LogP contribution < -0.4 is 4.90 Å². The van der Waals surface area contributed by atoms with E-state index in [0.29, 0.717) is 37.6 Å². The number of fused-ring (bicyclic) bond motifs is 1. The molecule has 178 valence electrons. The van der Waals surface area contributed by atoms with Crippen LogP contribution in [0.15, 0.2) is 34.7 Å². The molecule has 1 aromatic carbocycles. The number of piperazine rings is 1. The van der Waals surface area contributed by atoms with Gasteiger partial charge in [0.25, 0.3) is 0 Å². The minimum Gasteiger partial charge on any atom is -0.347 e. The Balaban J connectivity index is 1.14.